The van der Waals surface area contributed by atoms with Crippen molar-refractivity contribution in [2.75, 3.05) is 6.61 Å². The van der Waals surface area contributed by atoms with Gasteiger partial charge in [0.05, 0.1) is 18.7 Å². The summed E-state index contributed by atoms with van der Waals surface area (Å²) in [4.78, 5) is 12.1. The Morgan fingerprint density at radius 2 is 2.21 bits per heavy atom. The highest BCUT2D eigenvalue weighted by Gasteiger charge is 2.23. The molecule has 0 unspecified atom stereocenters. The topological polar surface area (TPSA) is 68.2 Å². The van der Waals surface area contributed by atoms with E-state index >= 15 is 0 Å². The van der Waals surface area contributed by atoms with Crippen LogP contribution in [-0.4, -0.2) is 34.6 Å². The molecule has 0 spiro atoms. The standard InChI is InChI=1S/C18H24N4O2/c1-14(17-8-4-11-24-17)21-18(23)19-12-15-6-2-3-7-16(15)13-22-10-5-9-20-22/h2-3,5-7,9-10,14,17H,4,8,11-13H2,1H3,(H2,19,21,23)/t14-,17-/m1/s1. The Bertz CT molecular complexity index is 651. The zero-order valence-corrected chi connectivity index (χ0v) is 13.9. The van der Waals surface area contributed by atoms with Crippen molar-refractivity contribution in [1.82, 2.24) is 20.4 Å². The van der Waals surface area contributed by atoms with Gasteiger partial charge in [-0.3, -0.25) is 4.68 Å². The number of hydrogen-bond donors (Lipinski definition) is 2. The summed E-state index contributed by atoms with van der Waals surface area (Å²) in [7, 11) is 0. The largest absolute Gasteiger partial charge is 0.376 e. The minimum absolute atomic E-state index is 0.0202. The van der Waals surface area contributed by atoms with Crippen LogP contribution >= 0.6 is 0 Å². The third kappa shape index (κ3) is 4.35. The van der Waals surface area contributed by atoms with E-state index < -0.39 is 0 Å². The molecule has 6 heteroatoms. The van der Waals surface area contributed by atoms with E-state index in [9.17, 15) is 4.79 Å². The molecule has 0 aliphatic carbocycles. The molecule has 24 heavy (non-hydrogen) atoms. The summed E-state index contributed by atoms with van der Waals surface area (Å²) in [5.41, 5.74) is 2.24. The van der Waals surface area contributed by atoms with Gasteiger partial charge < -0.3 is 15.4 Å². The quantitative estimate of drug-likeness (QED) is 0.855. The van der Waals surface area contributed by atoms with Crippen molar-refractivity contribution < 1.29 is 9.53 Å². The molecule has 0 bridgehead atoms. The molecular formula is C18H24N4O2. The second kappa shape index (κ2) is 7.97. The van der Waals surface area contributed by atoms with Crippen molar-refractivity contribution in [3.8, 4) is 0 Å². The molecule has 2 heterocycles. The molecule has 1 aliphatic rings. The summed E-state index contributed by atoms with van der Waals surface area (Å²) < 4.78 is 7.48. The molecule has 6 nitrogen and oxygen atoms in total. The van der Waals surface area contributed by atoms with Gasteiger partial charge in [-0.05, 0) is 37.0 Å². The Morgan fingerprint density at radius 3 is 2.92 bits per heavy atom. The molecule has 1 fully saturated rings. The van der Waals surface area contributed by atoms with Gasteiger partial charge in [0.2, 0.25) is 0 Å². The molecule has 2 amide bonds. The Balaban J connectivity index is 1.53. The minimum Gasteiger partial charge on any atom is -0.376 e. The molecule has 2 N–H and O–H groups in total. The second-order valence-corrected chi connectivity index (χ2v) is 6.14. The van der Waals surface area contributed by atoms with Crippen molar-refractivity contribution in [2.45, 2.75) is 45.0 Å². The van der Waals surface area contributed by atoms with Gasteiger partial charge in [0, 0.05) is 25.5 Å². The molecule has 128 valence electrons. The number of nitrogens with one attached hydrogen (secondary N) is 2. The van der Waals surface area contributed by atoms with Crippen LogP contribution in [-0.2, 0) is 17.8 Å². The van der Waals surface area contributed by atoms with Crippen LogP contribution in [0.5, 0.6) is 0 Å². The van der Waals surface area contributed by atoms with E-state index in [0.717, 1.165) is 30.6 Å². The molecule has 1 aromatic carbocycles. The number of urea groups is 1. The van der Waals surface area contributed by atoms with Crippen LogP contribution in [0.3, 0.4) is 0 Å². The van der Waals surface area contributed by atoms with E-state index in [2.05, 4.69) is 21.8 Å². The molecule has 0 saturated carbocycles. The number of benzene rings is 1. The van der Waals surface area contributed by atoms with Gasteiger partial charge in [-0.25, -0.2) is 4.79 Å². The van der Waals surface area contributed by atoms with Gasteiger partial charge >= 0.3 is 6.03 Å². The lowest BCUT2D eigenvalue weighted by Gasteiger charge is -2.20. The highest BCUT2D eigenvalue weighted by molar-refractivity contribution is 5.74. The molecule has 2 atom stereocenters. The third-order valence-electron chi connectivity index (χ3n) is 4.33. The predicted octanol–water partition coefficient (Wildman–Crippen LogP) is 2.30. The summed E-state index contributed by atoms with van der Waals surface area (Å²) in [6, 6.07) is 9.84. The van der Waals surface area contributed by atoms with Crippen LogP contribution in [0.25, 0.3) is 0 Å². The molecule has 2 aromatic rings. The van der Waals surface area contributed by atoms with E-state index in [1.165, 1.54) is 0 Å². The number of aromatic nitrogens is 2. The molecule has 1 aliphatic heterocycles. The first-order valence-corrected chi connectivity index (χ1v) is 8.42. The van der Waals surface area contributed by atoms with Crippen molar-refractivity contribution in [3.05, 3.63) is 53.9 Å². The first kappa shape index (κ1) is 16.5. The van der Waals surface area contributed by atoms with Crippen molar-refractivity contribution in [2.24, 2.45) is 0 Å². The van der Waals surface area contributed by atoms with Crippen molar-refractivity contribution in [3.63, 3.8) is 0 Å². The third-order valence-corrected chi connectivity index (χ3v) is 4.33. The maximum absolute atomic E-state index is 12.1. The van der Waals surface area contributed by atoms with E-state index in [1.54, 1.807) is 6.20 Å². The Kier molecular flexibility index (Phi) is 5.48. The van der Waals surface area contributed by atoms with Crippen LogP contribution in [0.15, 0.2) is 42.7 Å². The number of carbonyl (C=O) groups excluding carboxylic acids is 1. The van der Waals surface area contributed by atoms with E-state index in [4.69, 9.17) is 4.74 Å². The fraction of sp³-hybridized carbons (Fsp3) is 0.444. The second-order valence-electron chi connectivity index (χ2n) is 6.14. The first-order chi connectivity index (χ1) is 11.7. The summed E-state index contributed by atoms with van der Waals surface area (Å²) in [6.45, 7) is 3.96. The SMILES string of the molecule is C[C@@H](NC(=O)NCc1ccccc1Cn1cccn1)[C@H]1CCCO1. The van der Waals surface area contributed by atoms with Crippen LogP contribution in [0, 0.1) is 0 Å². The van der Waals surface area contributed by atoms with Crippen LogP contribution in [0.1, 0.15) is 30.9 Å². The van der Waals surface area contributed by atoms with Gasteiger partial charge in [0.1, 0.15) is 0 Å². The summed E-state index contributed by atoms with van der Waals surface area (Å²) in [5.74, 6) is 0. The monoisotopic (exact) mass is 328 g/mol. The molecular weight excluding hydrogens is 304 g/mol. The lowest BCUT2D eigenvalue weighted by molar-refractivity contribution is 0.0860. The average molecular weight is 328 g/mol. The number of rotatable bonds is 6. The van der Waals surface area contributed by atoms with E-state index in [-0.39, 0.29) is 18.2 Å². The first-order valence-electron chi connectivity index (χ1n) is 8.42. The van der Waals surface area contributed by atoms with Gasteiger partial charge in [-0.2, -0.15) is 5.10 Å². The summed E-state index contributed by atoms with van der Waals surface area (Å²) in [6.07, 6.45) is 5.90. The van der Waals surface area contributed by atoms with E-state index in [0.29, 0.717) is 13.1 Å². The van der Waals surface area contributed by atoms with Gasteiger partial charge in [-0.15, -0.1) is 0 Å². The number of amides is 2. The maximum Gasteiger partial charge on any atom is 0.315 e. The fourth-order valence-electron chi connectivity index (χ4n) is 2.98. The smallest absolute Gasteiger partial charge is 0.315 e. The number of hydrogen-bond acceptors (Lipinski definition) is 3. The van der Waals surface area contributed by atoms with Crippen molar-refractivity contribution >= 4 is 6.03 Å². The maximum atomic E-state index is 12.1. The summed E-state index contributed by atoms with van der Waals surface area (Å²) in [5, 5.41) is 10.1. The van der Waals surface area contributed by atoms with Crippen molar-refractivity contribution in [1.29, 1.82) is 0 Å². The number of nitrogens with zero attached hydrogens (tertiary/aromatic N) is 2. The highest BCUT2D eigenvalue weighted by atomic mass is 16.5. The Labute approximate surface area is 142 Å². The molecule has 3 rings (SSSR count). The zero-order chi connectivity index (χ0) is 16.8. The number of ether oxygens (including phenoxy) is 1. The summed E-state index contributed by atoms with van der Waals surface area (Å²) >= 11 is 0. The molecule has 1 aromatic heterocycles. The highest BCUT2D eigenvalue weighted by Crippen LogP contribution is 2.15. The fourth-order valence-corrected chi connectivity index (χ4v) is 2.98. The Morgan fingerprint density at radius 1 is 1.38 bits per heavy atom. The van der Waals surface area contributed by atoms with Crippen LogP contribution < -0.4 is 10.6 Å². The normalized spacial score (nSPS) is 18.3. The van der Waals surface area contributed by atoms with Crippen LogP contribution in [0.2, 0.25) is 0 Å². The zero-order valence-electron chi connectivity index (χ0n) is 13.9. The van der Waals surface area contributed by atoms with Gasteiger partial charge in [0.15, 0.2) is 0 Å². The molecule has 0 radical (unpaired) electrons. The average Bonchev–Trinajstić information content (AvgIpc) is 3.27. The van der Waals surface area contributed by atoms with E-state index in [1.807, 2.05) is 42.1 Å². The van der Waals surface area contributed by atoms with Gasteiger partial charge in [0.25, 0.3) is 0 Å². The number of carbonyl (C=O) groups is 1. The lowest BCUT2D eigenvalue weighted by Crippen LogP contribution is -2.45. The predicted molar refractivity (Wildman–Crippen MR) is 91.6 cm³/mol. The minimum atomic E-state index is -0.160. The molecule has 1 saturated heterocycles. The lowest BCUT2D eigenvalue weighted by atomic mass is 10.1. The van der Waals surface area contributed by atoms with Gasteiger partial charge in [-0.1, -0.05) is 24.3 Å². The van der Waals surface area contributed by atoms with Crippen LogP contribution in [0.4, 0.5) is 4.79 Å². The Hall–Kier alpha value is -2.34.